The predicted molar refractivity (Wildman–Crippen MR) is 534 cm³/mol. The molecule has 0 fully saturated rings. The first-order chi connectivity index (χ1) is 66.0. The van der Waals surface area contributed by atoms with Gasteiger partial charge in [0, 0.05) is 61.5 Å². The lowest BCUT2D eigenvalue weighted by Crippen LogP contribution is -2.61. The third-order valence-electron chi connectivity index (χ3n) is 24.5. The Hall–Kier alpha value is -10.7. The van der Waals surface area contributed by atoms with Gasteiger partial charge in [-0.15, -0.1) is 0 Å². The Bertz CT molecular complexity index is 7710. The van der Waals surface area contributed by atoms with Crippen LogP contribution in [0.1, 0.15) is 294 Å². The lowest BCUT2D eigenvalue weighted by atomic mass is 9.33. The molecule has 14 aromatic rings. The molecular formula is C118H132BN3. The van der Waals surface area contributed by atoms with E-state index in [2.05, 4.69) is 208 Å². The topological polar surface area (TPSA) is 11.4 Å². The molecular weight excluding hydrogens is 1470 g/mol. The number of rotatable bonds is 9. The van der Waals surface area contributed by atoms with Crippen LogP contribution in [0, 0.1) is 0 Å². The maximum atomic E-state index is 11.9. The average molecular weight is 1630 g/mol. The molecule has 0 amide bonds. The highest BCUT2D eigenvalue weighted by molar-refractivity contribution is 7.00. The molecule has 622 valence electrons. The molecule has 2 aliphatic rings. The van der Waals surface area contributed by atoms with Crippen molar-refractivity contribution < 1.29 is 30.2 Å². The van der Waals surface area contributed by atoms with Crippen LogP contribution in [0.2, 0.25) is 0 Å². The first-order valence-electron chi connectivity index (χ1n) is 54.2. The van der Waals surface area contributed by atoms with Crippen LogP contribution in [0.15, 0.2) is 254 Å². The van der Waals surface area contributed by atoms with E-state index < -0.39 is 164 Å². The molecule has 3 nitrogen and oxygen atoms in total. The Morgan fingerprint density at radius 2 is 0.680 bits per heavy atom. The highest BCUT2D eigenvalue weighted by Gasteiger charge is 2.48. The highest BCUT2D eigenvalue weighted by atomic mass is 15.2. The first-order valence-corrected chi connectivity index (χ1v) is 43.2. The summed E-state index contributed by atoms with van der Waals surface area (Å²) in [4.78, 5) is 4.17. The summed E-state index contributed by atoms with van der Waals surface area (Å²) in [6.45, 7) is 60.3. The van der Waals surface area contributed by atoms with E-state index in [-0.39, 0.29) is 130 Å². The van der Waals surface area contributed by atoms with Crippen LogP contribution in [0.4, 0.5) is 34.1 Å². The second-order valence-corrected chi connectivity index (χ2v) is 44.3. The van der Waals surface area contributed by atoms with E-state index in [4.69, 9.17) is 1.37 Å². The van der Waals surface area contributed by atoms with E-state index in [0.29, 0.717) is 44.6 Å². The van der Waals surface area contributed by atoms with Gasteiger partial charge in [0.1, 0.15) is 0 Å². The Morgan fingerprint density at radius 3 is 1.20 bits per heavy atom. The van der Waals surface area contributed by atoms with Gasteiger partial charge >= 0.3 is 0 Å². The van der Waals surface area contributed by atoms with Crippen LogP contribution in [-0.4, -0.2) is 11.3 Å². The third kappa shape index (κ3) is 15.4. The summed E-state index contributed by atoms with van der Waals surface area (Å²) in [6.07, 6.45) is 0. The molecule has 2 aliphatic heterocycles. The standard InChI is InChI=1S/C118H132BN3/c1-109(2,3)78-51-48-74(49-52-78)90-67-83(114(16,17)18)70-94(91-66-79(110(4,5)6)54-57-96(91)117(25,26)27)107(90)122-103-72-85(120-100-46-38-35-43-88(100)89-44-36-39-47-101(89)120)55-59-99(103)119-98-58-50-75(73-40-32-31-33-41-73)62-102(98)121(104-63-77(64-105(122)106(104)119)76-60-81(112(10,11)12)65-82(61-76)113(13,14)15)108-92(86-42-34-37-45-95(86)116(22,23)24)68-84(115(19,20)21)69-93(108)87-56-53-80(111(7,8)9)71-97(87)118(28,29)30/h31-72H,1-30H3/i31D,32D,33D,35D,36D,38D,39D,40D,41D,43D,44D,46D,47D,48D,49D,51D,52D,54D,57D,66D,67D,70D. The Labute approximate surface area is 764 Å². The van der Waals surface area contributed by atoms with Gasteiger partial charge in [-0.05, 0) is 237 Å². The zero-order chi connectivity index (χ0) is 107. The van der Waals surface area contributed by atoms with Gasteiger partial charge in [-0.3, -0.25) is 0 Å². The van der Waals surface area contributed by atoms with E-state index in [0.717, 1.165) is 55.6 Å². The summed E-state index contributed by atoms with van der Waals surface area (Å²) in [5.74, 6) is 0. The van der Waals surface area contributed by atoms with E-state index in [9.17, 15) is 28.8 Å². The summed E-state index contributed by atoms with van der Waals surface area (Å²) in [6, 6.07) is 30.2. The summed E-state index contributed by atoms with van der Waals surface area (Å²) in [7, 11) is 0. The molecule has 0 atom stereocenters. The van der Waals surface area contributed by atoms with Gasteiger partial charge in [-0.1, -0.05) is 395 Å². The molecule has 4 heteroatoms. The molecule has 0 bridgehead atoms. The quantitative estimate of drug-likeness (QED) is 0.133. The zero-order valence-corrected chi connectivity index (χ0v) is 77.5. The number of benzene rings is 13. The van der Waals surface area contributed by atoms with E-state index in [1.54, 1.807) is 39.0 Å². The minimum atomic E-state index is -1.27. The lowest BCUT2D eigenvalue weighted by molar-refractivity contribution is 0.568. The Morgan fingerprint density at radius 1 is 0.246 bits per heavy atom. The minimum absolute atomic E-state index is 0.0151. The molecule has 16 rings (SSSR count). The van der Waals surface area contributed by atoms with Crippen molar-refractivity contribution in [3.05, 3.63) is 310 Å². The van der Waals surface area contributed by atoms with Crippen molar-refractivity contribution >= 4 is 79.0 Å². The monoisotopic (exact) mass is 1620 g/mol. The molecule has 0 radical (unpaired) electrons. The van der Waals surface area contributed by atoms with Gasteiger partial charge in [0.25, 0.3) is 6.71 Å². The zero-order valence-electron chi connectivity index (χ0n) is 99.5. The number of hydrogen-bond donors (Lipinski definition) is 0. The molecule has 3 heterocycles. The van der Waals surface area contributed by atoms with Crippen LogP contribution in [-0.2, 0) is 54.1 Å². The van der Waals surface area contributed by atoms with Crippen LogP contribution >= 0.6 is 0 Å². The van der Waals surface area contributed by atoms with Crippen LogP contribution in [0.25, 0.3) is 94.3 Å². The van der Waals surface area contributed by atoms with E-state index >= 15 is 0 Å². The summed E-state index contributed by atoms with van der Waals surface area (Å²) in [5.41, 5.74) is 5.18. The fraction of sp³-hybridized carbons (Fsp3) is 0.339. The number of aromatic nitrogens is 1. The first kappa shape index (κ1) is 61.6. The van der Waals surface area contributed by atoms with Gasteiger partial charge in [0.2, 0.25) is 0 Å². The Kier molecular flexibility index (Phi) is 14.9. The smallest absolute Gasteiger partial charge is 0.252 e. The maximum Gasteiger partial charge on any atom is 0.252 e. The second-order valence-electron chi connectivity index (χ2n) is 44.3. The van der Waals surface area contributed by atoms with Gasteiger partial charge in [-0.25, -0.2) is 0 Å². The van der Waals surface area contributed by atoms with Crippen molar-refractivity contribution in [1.29, 1.82) is 0 Å². The van der Waals surface area contributed by atoms with Crippen LogP contribution < -0.4 is 26.2 Å². The van der Waals surface area contributed by atoms with Gasteiger partial charge in [-0.2, -0.15) is 0 Å². The Balaban J connectivity index is 1.31. The molecule has 122 heavy (non-hydrogen) atoms. The predicted octanol–water partition coefficient (Wildman–Crippen LogP) is 31.8. The van der Waals surface area contributed by atoms with Crippen molar-refractivity contribution in [2.45, 2.75) is 262 Å². The lowest BCUT2D eigenvalue weighted by Gasteiger charge is -2.46. The molecule has 0 saturated carbocycles. The number of fused-ring (bicyclic) bond motifs is 7. The molecule has 0 N–H and O–H groups in total. The van der Waals surface area contributed by atoms with Crippen molar-refractivity contribution in [2.24, 2.45) is 0 Å². The highest BCUT2D eigenvalue weighted by Crippen LogP contribution is 2.59. The minimum Gasteiger partial charge on any atom is -0.310 e. The van der Waals surface area contributed by atoms with Crippen molar-refractivity contribution in [2.75, 3.05) is 9.80 Å². The second kappa shape index (κ2) is 29.5. The number of nitrogens with zero attached hydrogens (tertiary/aromatic N) is 3. The maximum absolute atomic E-state index is 11.9. The summed E-state index contributed by atoms with van der Waals surface area (Å²) in [5, 5.41) is -0.448. The van der Waals surface area contributed by atoms with Crippen LogP contribution in [0.5, 0.6) is 0 Å². The summed E-state index contributed by atoms with van der Waals surface area (Å²) >= 11 is 0. The van der Waals surface area contributed by atoms with E-state index in [1.807, 2.05) is 91.5 Å². The molecule has 13 aromatic carbocycles. The third-order valence-corrected chi connectivity index (χ3v) is 24.5. The number of hydrogen-bond acceptors (Lipinski definition) is 2. The van der Waals surface area contributed by atoms with Gasteiger partial charge < -0.3 is 14.4 Å². The molecule has 0 unspecified atom stereocenters. The molecule has 0 spiro atoms. The fourth-order valence-electron chi connectivity index (χ4n) is 17.4. The summed E-state index contributed by atoms with van der Waals surface area (Å²) < 4.78 is 227. The van der Waals surface area contributed by atoms with Crippen molar-refractivity contribution in [3.8, 4) is 72.4 Å². The van der Waals surface area contributed by atoms with Crippen LogP contribution in [0.3, 0.4) is 0 Å². The molecule has 0 saturated heterocycles. The van der Waals surface area contributed by atoms with Gasteiger partial charge in [0.05, 0.1) is 52.6 Å². The average Bonchev–Trinajstić information content (AvgIpc) is 0.703. The molecule has 1 aromatic heterocycles. The largest absolute Gasteiger partial charge is 0.310 e. The van der Waals surface area contributed by atoms with Crippen molar-refractivity contribution in [3.63, 3.8) is 0 Å². The number of para-hydroxylation sites is 2. The van der Waals surface area contributed by atoms with Crippen molar-refractivity contribution in [1.82, 2.24) is 4.57 Å². The number of anilines is 6. The SMILES string of the molecule is [2H]c1c([2H])c([2H])c(-c2ccc3c(c2)N(c2c(-c4ccccc4C(C)(C)C)cc(C(C)(C)C)cc2-c2ccc(C(C)(C)C)cc2C(C)(C)C)c2cc(-c4cc(C(C)(C)C)cc(C(C)(C)C)c4)cc4c2B3c2ccc(-n3c5c([2H])c([2H])c([2H])c([2H])c5c5c([2H])c([2H])c([2H])c([2H])c53)cc2N4c2c(-c3c([2H])c([2H])c(C(C)(C)C)c([2H])c3[2H])c([2H])c(C(C)(C)C)c([2H])c2-c2c([2H])c(C(C)(C)C)c([2H])c([2H])c2C(C)(C)C)c([2H])c1[2H]. The normalized spacial score (nSPS) is 16.3. The van der Waals surface area contributed by atoms with Gasteiger partial charge in [0.15, 0.2) is 0 Å². The van der Waals surface area contributed by atoms with E-state index in [1.165, 1.54) is 4.57 Å². The fourth-order valence-corrected chi connectivity index (χ4v) is 17.4. The molecule has 0 aliphatic carbocycles.